The van der Waals surface area contributed by atoms with Crippen molar-refractivity contribution < 1.29 is 21.9 Å². The van der Waals surface area contributed by atoms with E-state index >= 15 is 0 Å². The molecule has 92 valence electrons. The fraction of sp³-hybridized carbons (Fsp3) is 0.200. The summed E-state index contributed by atoms with van der Waals surface area (Å²) in [6, 6.07) is 3.92. The Hall–Kier alpha value is -1.34. The summed E-state index contributed by atoms with van der Waals surface area (Å²) in [5, 5.41) is 9.24. The predicted octanol–water partition coefficient (Wildman–Crippen LogP) is 0.565. The van der Waals surface area contributed by atoms with Gasteiger partial charge in [-0.25, -0.2) is 16.8 Å². The Morgan fingerprint density at radius 1 is 1.29 bits per heavy atom. The molecular weight excluding hydrogens is 264 g/mol. The first kappa shape index (κ1) is 12.1. The van der Waals surface area contributed by atoms with Crippen molar-refractivity contribution in [3.8, 4) is 5.75 Å². The fourth-order valence-corrected chi connectivity index (χ4v) is 4.79. The first-order chi connectivity index (χ1) is 7.70. The Kier molecular flexibility index (Phi) is 2.55. The molecule has 0 aromatic heterocycles. The molecular formula is C10H10O5S2. The zero-order chi connectivity index (χ0) is 12.8. The van der Waals surface area contributed by atoms with Gasteiger partial charge in [-0.15, -0.1) is 0 Å². The van der Waals surface area contributed by atoms with Gasteiger partial charge in [0.15, 0.2) is 9.84 Å². The Bertz CT molecular complexity index is 711. The molecule has 0 aliphatic carbocycles. The minimum atomic E-state index is -3.78. The number of sulfone groups is 2. The van der Waals surface area contributed by atoms with Gasteiger partial charge < -0.3 is 5.11 Å². The molecule has 0 unspecified atom stereocenters. The predicted molar refractivity (Wildman–Crippen MR) is 63.0 cm³/mol. The average Bonchev–Trinajstić information content (AvgIpc) is 2.38. The summed E-state index contributed by atoms with van der Waals surface area (Å²) in [6.45, 7) is 0. The Morgan fingerprint density at radius 3 is 2.53 bits per heavy atom. The maximum atomic E-state index is 12.0. The van der Waals surface area contributed by atoms with Gasteiger partial charge in [0.05, 0.1) is 15.6 Å². The number of aromatic hydroxyl groups is 1. The normalized spacial score (nSPS) is 17.6. The fourth-order valence-electron chi connectivity index (χ4n) is 1.64. The summed E-state index contributed by atoms with van der Waals surface area (Å²) in [5.74, 6) is -0.688. The maximum Gasteiger partial charge on any atom is 0.204 e. The van der Waals surface area contributed by atoms with Crippen LogP contribution in [0.5, 0.6) is 5.75 Å². The monoisotopic (exact) mass is 274 g/mol. The van der Waals surface area contributed by atoms with Gasteiger partial charge in [-0.1, -0.05) is 0 Å². The van der Waals surface area contributed by atoms with Crippen LogP contribution in [0.3, 0.4) is 0 Å². The van der Waals surface area contributed by atoms with Crippen molar-refractivity contribution in [1.82, 2.24) is 0 Å². The van der Waals surface area contributed by atoms with E-state index in [9.17, 15) is 21.9 Å². The Labute approximate surface area is 99.2 Å². The third kappa shape index (κ3) is 2.20. The topological polar surface area (TPSA) is 88.5 Å². The van der Waals surface area contributed by atoms with E-state index in [1.165, 1.54) is 18.2 Å². The van der Waals surface area contributed by atoms with E-state index in [0.717, 1.165) is 12.3 Å². The van der Waals surface area contributed by atoms with Crippen molar-refractivity contribution in [2.45, 2.75) is 4.90 Å². The van der Waals surface area contributed by atoms with Crippen LogP contribution in [-0.4, -0.2) is 34.0 Å². The largest absolute Gasteiger partial charge is 0.508 e. The highest BCUT2D eigenvalue weighted by molar-refractivity contribution is 7.98. The molecule has 0 spiro atoms. The highest BCUT2D eigenvalue weighted by Crippen LogP contribution is 2.35. The summed E-state index contributed by atoms with van der Waals surface area (Å²) in [6.07, 6.45) is 2.30. The Morgan fingerprint density at radius 2 is 1.94 bits per heavy atom. The van der Waals surface area contributed by atoms with Gasteiger partial charge >= 0.3 is 0 Å². The summed E-state index contributed by atoms with van der Waals surface area (Å²) in [5.41, 5.74) is 0.404. The number of rotatable bonds is 2. The number of hydrogen-bond acceptors (Lipinski definition) is 5. The lowest BCUT2D eigenvalue weighted by atomic mass is 10.2. The molecule has 1 aromatic carbocycles. The van der Waals surface area contributed by atoms with E-state index < -0.39 is 25.4 Å². The molecule has 1 aliphatic rings. The van der Waals surface area contributed by atoms with Crippen LogP contribution in [0, 0.1) is 0 Å². The van der Waals surface area contributed by atoms with Crippen LogP contribution >= 0.6 is 0 Å². The molecule has 0 saturated carbocycles. The molecule has 5 nitrogen and oxygen atoms in total. The molecule has 2 rings (SSSR count). The second-order valence-electron chi connectivity index (χ2n) is 3.91. The molecule has 0 fully saturated rings. The van der Waals surface area contributed by atoms with Crippen LogP contribution < -0.4 is 0 Å². The minimum absolute atomic E-state index is 0.0452. The number of benzene rings is 1. The molecule has 0 saturated heterocycles. The van der Waals surface area contributed by atoms with Gasteiger partial charge in [0.25, 0.3) is 0 Å². The van der Waals surface area contributed by atoms with Gasteiger partial charge in [0, 0.05) is 6.26 Å². The second kappa shape index (κ2) is 3.58. The van der Waals surface area contributed by atoms with Crippen molar-refractivity contribution in [2.24, 2.45) is 0 Å². The molecule has 1 aliphatic heterocycles. The lowest BCUT2D eigenvalue weighted by molar-refractivity contribution is 0.473. The molecule has 0 radical (unpaired) electrons. The lowest BCUT2D eigenvalue weighted by Crippen LogP contribution is -2.11. The van der Waals surface area contributed by atoms with Crippen LogP contribution in [0.2, 0.25) is 0 Å². The van der Waals surface area contributed by atoms with E-state index in [1.807, 2.05) is 0 Å². The molecule has 1 N–H and O–H groups in total. The third-order valence-corrected chi connectivity index (χ3v) is 5.26. The minimum Gasteiger partial charge on any atom is -0.508 e. The first-order valence-corrected chi connectivity index (χ1v) is 8.21. The van der Waals surface area contributed by atoms with Crippen LogP contribution in [0.4, 0.5) is 0 Å². The van der Waals surface area contributed by atoms with Crippen molar-refractivity contribution >= 4 is 25.8 Å². The molecule has 0 bridgehead atoms. The van der Waals surface area contributed by atoms with Crippen molar-refractivity contribution in [1.29, 1.82) is 0 Å². The molecule has 1 heterocycles. The lowest BCUT2D eigenvalue weighted by Gasteiger charge is -2.02. The standard InChI is InChI=1S/C10H10O5S2/c1-16(12,13)6-9-4-7-2-3-8(11)5-10(7)17(9,14)15/h2-5,11H,6H2,1H3. The number of phenolic OH excluding ortho intramolecular Hbond substituents is 1. The van der Waals surface area contributed by atoms with Crippen molar-refractivity contribution in [3.05, 3.63) is 28.7 Å². The zero-order valence-corrected chi connectivity index (χ0v) is 10.5. The van der Waals surface area contributed by atoms with Crippen LogP contribution in [0.1, 0.15) is 5.56 Å². The van der Waals surface area contributed by atoms with E-state index in [1.54, 1.807) is 0 Å². The average molecular weight is 274 g/mol. The van der Waals surface area contributed by atoms with Gasteiger partial charge in [-0.05, 0) is 29.8 Å². The van der Waals surface area contributed by atoms with Crippen LogP contribution in [-0.2, 0) is 19.7 Å². The summed E-state index contributed by atoms with van der Waals surface area (Å²) in [7, 11) is -7.20. The number of phenols is 1. The quantitative estimate of drug-likeness (QED) is 0.851. The number of hydrogen-bond donors (Lipinski definition) is 1. The smallest absolute Gasteiger partial charge is 0.204 e. The zero-order valence-electron chi connectivity index (χ0n) is 8.91. The number of fused-ring (bicyclic) bond motifs is 1. The van der Waals surface area contributed by atoms with Gasteiger partial charge in [-0.3, -0.25) is 0 Å². The Balaban J connectivity index is 2.58. The summed E-state index contributed by atoms with van der Waals surface area (Å²) < 4.78 is 46.2. The molecule has 17 heavy (non-hydrogen) atoms. The molecule has 0 amide bonds. The first-order valence-electron chi connectivity index (χ1n) is 4.66. The van der Waals surface area contributed by atoms with E-state index in [-0.39, 0.29) is 15.6 Å². The van der Waals surface area contributed by atoms with E-state index in [0.29, 0.717) is 5.56 Å². The molecule has 7 heteroatoms. The van der Waals surface area contributed by atoms with Crippen molar-refractivity contribution in [3.63, 3.8) is 0 Å². The SMILES string of the molecule is CS(=O)(=O)CC1=Cc2ccc(O)cc2S1(=O)=O. The van der Waals surface area contributed by atoms with Gasteiger partial charge in [-0.2, -0.15) is 0 Å². The third-order valence-electron chi connectivity index (χ3n) is 2.35. The van der Waals surface area contributed by atoms with E-state index in [4.69, 9.17) is 0 Å². The van der Waals surface area contributed by atoms with E-state index in [2.05, 4.69) is 0 Å². The summed E-state index contributed by atoms with van der Waals surface area (Å²) >= 11 is 0. The van der Waals surface area contributed by atoms with Gasteiger partial charge in [0.1, 0.15) is 5.75 Å². The van der Waals surface area contributed by atoms with Crippen LogP contribution in [0.15, 0.2) is 28.0 Å². The maximum absolute atomic E-state index is 12.0. The van der Waals surface area contributed by atoms with Crippen LogP contribution in [0.25, 0.3) is 6.08 Å². The second-order valence-corrected chi connectivity index (χ2v) is 8.02. The molecule has 1 aromatic rings. The van der Waals surface area contributed by atoms with Gasteiger partial charge in [0.2, 0.25) is 9.84 Å². The highest BCUT2D eigenvalue weighted by atomic mass is 32.2. The molecule has 0 atom stereocenters. The highest BCUT2D eigenvalue weighted by Gasteiger charge is 2.31. The summed E-state index contributed by atoms with van der Waals surface area (Å²) in [4.78, 5) is -0.197. The van der Waals surface area contributed by atoms with Crippen molar-refractivity contribution in [2.75, 3.05) is 12.0 Å².